The lowest BCUT2D eigenvalue weighted by Crippen LogP contribution is -2.41. The molecule has 0 bridgehead atoms. The molecule has 0 N–H and O–H groups in total. The smallest absolute Gasteiger partial charge is 0.258 e. The molecule has 0 atom stereocenters. The molecule has 0 unspecified atom stereocenters. The van der Waals surface area contributed by atoms with Crippen molar-refractivity contribution in [3.63, 3.8) is 0 Å². The van der Waals surface area contributed by atoms with Crippen LogP contribution in [0.15, 0.2) is 17.0 Å². The molecule has 0 aromatic heterocycles. The monoisotopic (exact) mass is 340 g/mol. The van der Waals surface area contributed by atoms with Gasteiger partial charge in [-0.15, -0.1) is 0 Å². The van der Waals surface area contributed by atoms with Gasteiger partial charge in [-0.05, 0) is 43.9 Å². The van der Waals surface area contributed by atoms with Crippen LogP contribution < -0.4 is 0 Å². The van der Waals surface area contributed by atoms with Gasteiger partial charge >= 0.3 is 0 Å². The third kappa shape index (κ3) is 3.55. The molecule has 0 amide bonds. The molecule has 1 aromatic rings. The first kappa shape index (κ1) is 17.9. The third-order valence-electron chi connectivity index (χ3n) is 4.65. The number of rotatable bonds is 5. The first-order chi connectivity index (χ1) is 10.8. The van der Waals surface area contributed by atoms with Crippen LogP contribution in [0.2, 0.25) is 0 Å². The summed E-state index contributed by atoms with van der Waals surface area (Å²) in [6.07, 6.45) is 4.78. The Labute approximate surface area is 137 Å². The Balaban J connectivity index is 2.53. The van der Waals surface area contributed by atoms with E-state index in [4.69, 9.17) is 0 Å². The first-order valence-corrected chi connectivity index (χ1v) is 9.50. The van der Waals surface area contributed by atoms with Gasteiger partial charge in [-0.25, -0.2) is 8.42 Å². The highest BCUT2D eigenvalue weighted by molar-refractivity contribution is 7.89. The number of nitro benzene ring substituents is 1. The summed E-state index contributed by atoms with van der Waals surface area (Å²) in [6.45, 7) is 5.64. The Hall–Kier alpha value is -1.47. The summed E-state index contributed by atoms with van der Waals surface area (Å²) in [7, 11) is -3.87. The van der Waals surface area contributed by atoms with Crippen LogP contribution in [0, 0.1) is 24.0 Å². The van der Waals surface area contributed by atoms with Gasteiger partial charge in [0.1, 0.15) is 0 Å². The van der Waals surface area contributed by atoms with Gasteiger partial charge in [0, 0.05) is 18.7 Å². The molecule has 1 saturated carbocycles. The summed E-state index contributed by atoms with van der Waals surface area (Å²) >= 11 is 0. The predicted octanol–water partition coefficient (Wildman–Crippen LogP) is 3.55. The minimum Gasteiger partial charge on any atom is -0.258 e. The Morgan fingerprint density at radius 2 is 1.74 bits per heavy atom. The average molecular weight is 340 g/mol. The van der Waals surface area contributed by atoms with Crippen LogP contribution in [-0.2, 0) is 10.0 Å². The van der Waals surface area contributed by atoms with Gasteiger partial charge < -0.3 is 0 Å². The molecule has 0 spiro atoms. The second kappa shape index (κ2) is 6.97. The number of nitro groups is 1. The van der Waals surface area contributed by atoms with Crippen LogP contribution in [-0.4, -0.2) is 30.2 Å². The van der Waals surface area contributed by atoms with E-state index in [1.54, 1.807) is 20.8 Å². The Kier molecular flexibility index (Phi) is 5.41. The van der Waals surface area contributed by atoms with Crippen molar-refractivity contribution in [2.75, 3.05) is 6.54 Å². The summed E-state index contributed by atoms with van der Waals surface area (Å²) in [5, 5.41) is 11.3. The maximum atomic E-state index is 13.1. The second-order valence-corrected chi connectivity index (χ2v) is 8.02. The molecule has 23 heavy (non-hydrogen) atoms. The van der Waals surface area contributed by atoms with Crippen LogP contribution in [0.1, 0.15) is 50.2 Å². The SMILES string of the molecule is CCN(C1CCCCC1)S(=O)(=O)c1cc(C)c(C)cc1[N+](=O)[O-]. The molecule has 6 nitrogen and oxygen atoms in total. The van der Waals surface area contributed by atoms with Gasteiger partial charge in [0.25, 0.3) is 5.69 Å². The van der Waals surface area contributed by atoms with Crippen molar-refractivity contribution in [3.05, 3.63) is 33.4 Å². The van der Waals surface area contributed by atoms with Crippen LogP contribution >= 0.6 is 0 Å². The van der Waals surface area contributed by atoms with Crippen molar-refractivity contribution in [2.45, 2.75) is 63.8 Å². The predicted molar refractivity (Wildman–Crippen MR) is 89.0 cm³/mol. The molecule has 0 radical (unpaired) electrons. The second-order valence-electron chi connectivity index (χ2n) is 6.16. The topological polar surface area (TPSA) is 80.5 Å². The van der Waals surface area contributed by atoms with Crippen LogP contribution in [0.25, 0.3) is 0 Å². The zero-order valence-corrected chi connectivity index (χ0v) is 14.7. The van der Waals surface area contributed by atoms with E-state index in [-0.39, 0.29) is 16.6 Å². The fraction of sp³-hybridized carbons (Fsp3) is 0.625. The lowest BCUT2D eigenvalue weighted by Gasteiger charge is -2.32. The lowest BCUT2D eigenvalue weighted by molar-refractivity contribution is -0.387. The molecule has 0 heterocycles. The molecule has 0 aliphatic heterocycles. The van der Waals surface area contributed by atoms with Crippen LogP contribution in [0.5, 0.6) is 0 Å². The number of hydrogen-bond acceptors (Lipinski definition) is 4. The molecule has 1 aliphatic carbocycles. The summed E-state index contributed by atoms with van der Waals surface area (Å²) in [5.41, 5.74) is 1.13. The summed E-state index contributed by atoms with van der Waals surface area (Å²) in [5.74, 6) is 0. The number of sulfonamides is 1. The lowest BCUT2D eigenvalue weighted by atomic mass is 9.95. The highest BCUT2D eigenvalue weighted by Gasteiger charge is 2.36. The fourth-order valence-corrected chi connectivity index (χ4v) is 5.16. The molecular weight excluding hydrogens is 316 g/mol. The highest BCUT2D eigenvalue weighted by atomic mass is 32.2. The number of aryl methyl sites for hydroxylation is 2. The molecule has 0 saturated heterocycles. The number of benzene rings is 1. The Morgan fingerprint density at radius 3 is 2.26 bits per heavy atom. The van der Waals surface area contributed by atoms with Crippen LogP contribution in [0.3, 0.4) is 0 Å². The zero-order chi connectivity index (χ0) is 17.2. The van der Waals surface area contributed by atoms with Gasteiger partial charge in [-0.3, -0.25) is 10.1 Å². The molecule has 1 aromatic carbocycles. The fourth-order valence-electron chi connectivity index (χ4n) is 3.24. The van der Waals surface area contributed by atoms with E-state index in [0.717, 1.165) is 43.2 Å². The van der Waals surface area contributed by atoms with E-state index in [9.17, 15) is 18.5 Å². The summed E-state index contributed by atoms with van der Waals surface area (Å²) in [6, 6.07) is 2.74. The molecule has 1 aliphatic rings. The number of nitrogens with zero attached hydrogens (tertiary/aromatic N) is 2. The van der Waals surface area contributed by atoms with Gasteiger partial charge in [0.15, 0.2) is 4.90 Å². The van der Waals surface area contributed by atoms with Crippen molar-refractivity contribution in [1.29, 1.82) is 0 Å². The molecule has 7 heteroatoms. The zero-order valence-electron chi connectivity index (χ0n) is 13.9. The minimum atomic E-state index is -3.87. The van der Waals surface area contributed by atoms with Gasteiger partial charge in [-0.2, -0.15) is 4.31 Å². The van der Waals surface area contributed by atoms with Crippen molar-refractivity contribution in [1.82, 2.24) is 4.31 Å². The molecule has 2 rings (SSSR count). The molecule has 1 fully saturated rings. The number of hydrogen-bond donors (Lipinski definition) is 0. The van der Waals surface area contributed by atoms with E-state index >= 15 is 0 Å². The van der Waals surface area contributed by atoms with E-state index in [1.165, 1.54) is 16.4 Å². The average Bonchev–Trinajstić information content (AvgIpc) is 2.50. The van der Waals surface area contributed by atoms with Crippen molar-refractivity contribution in [2.24, 2.45) is 0 Å². The van der Waals surface area contributed by atoms with Gasteiger partial charge in [0.2, 0.25) is 10.0 Å². The maximum absolute atomic E-state index is 13.1. The third-order valence-corrected chi connectivity index (χ3v) is 6.71. The van der Waals surface area contributed by atoms with E-state index in [1.807, 2.05) is 0 Å². The quantitative estimate of drug-likeness (QED) is 0.606. The van der Waals surface area contributed by atoms with Crippen molar-refractivity contribution in [3.8, 4) is 0 Å². The Morgan fingerprint density at radius 1 is 1.17 bits per heavy atom. The minimum absolute atomic E-state index is 0.0556. The summed E-state index contributed by atoms with van der Waals surface area (Å²) in [4.78, 5) is 10.6. The van der Waals surface area contributed by atoms with E-state index in [2.05, 4.69) is 0 Å². The largest absolute Gasteiger partial charge is 0.289 e. The summed E-state index contributed by atoms with van der Waals surface area (Å²) < 4.78 is 27.6. The van der Waals surface area contributed by atoms with Crippen molar-refractivity contribution >= 4 is 15.7 Å². The van der Waals surface area contributed by atoms with E-state index in [0.29, 0.717) is 6.54 Å². The highest BCUT2D eigenvalue weighted by Crippen LogP contribution is 2.33. The van der Waals surface area contributed by atoms with Crippen molar-refractivity contribution < 1.29 is 13.3 Å². The van der Waals surface area contributed by atoms with E-state index < -0.39 is 14.9 Å². The normalized spacial score (nSPS) is 16.7. The maximum Gasteiger partial charge on any atom is 0.289 e. The first-order valence-electron chi connectivity index (χ1n) is 8.06. The van der Waals surface area contributed by atoms with Gasteiger partial charge in [-0.1, -0.05) is 26.2 Å². The standard InChI is InChI=1S/C16H24N2O4S/c1-4-17(14-8-6-5-7-9-14)23(21,22)16-11-13(3)12(2)10-15(16)18(19)20/h10-11,14H,4-9H2,1-3H3. The molecule has 128 valence electrons. The van der Waals surface area contributed by atoms with Crippen LogP contribution in [0.4, 0.5) is 5.69 Å². The Bertz CT molecular complexity index is 694. The van der Waals surface area contributed by atoms with Gasteiger partial charge in [0.05, 0.1) is 4.92 Å². The molecular formula is C16H24N2O4S.